The third-order valence-corrected chi connectivity index (χ3v) is 6.71. The topological polar surface area (TPSA) is 57.2 Å². The summed E-state index contributed by atoms with van der Waals surface area (Å²) >= 11 is 6.60. The van der Waals surface area contributed by atoms with E-state index < -0.39 is 6.10 Å². The number of hydrogen-bond acceptors (Lipinski definition) is 5. The Hall–Kier alpha value is -1.63. The summed E-state index contributed by atoms with van der Waals surface area (Å²) < 4.78 is 24.0. The van der Waals surface area contributed by atoms with Gasteiger partial charge in [0.2, 0.25) is 0 Å². The molecule has 2 aromatic carbocycles. The Kier molecular flexibility index (Phi) is 11.8. The number of hydrogen-bond donors (Lipinski definition) is 1. The van der Waals surface area contributed by atoms with E-state index in [1.54, 1.807) is 0 Å². The molecule has 0 bridgehead atoms. The standard InChI is InChI=1S/C29H41ClO5/c1-4-7-15-32-20-28-26(31)19-27(34-16-8-5-2)29(35-28)22-11-14-25(30)23(18-22)17-21-9-12-24(13-10-21)33-6-3/h9-14,18,26-29,31H,4-8,15-17,19-20H2,1-3H3. The van der Waals surface area contributed by atoms with Crippen LogP contribution >= 0.6 is 11.6 Å². The van der Waals surface area contributed by atoms with Gasteiger partial charge in [0.15, 0.2) is 0 Å². The molecule has 1 saturated heterocycles. The summed E-state index contributed by atoms with van der Waals surface area (Å²) in [5, 5.41) is 11.5. The molecule has 1 fully saturated rings. The molecule has 5 nitrogen and oxygen atoms in total. The van der Waals surface area contributed by atoms with Crippen molar-refractivity contribution in [3.05, 3.63) is 64.2 Å². The highest BCUT2D eigenvalue weighted by molar-refractivity contribution is 6.31. The molecule has 0 spiro atoms. The molecule has 4 atom stereocenters. The average Bonchev–Trinajstić information content (AvgIpc) is 2.86. The Labute approximate surface area is 215 Å². The van der Waals surface area contributed by atoms with E-state index in [9.17, 15) is 5.11 Å². The molecule has 0 saturated carbocycles. The minimum Gasteiger partial charge on any atom is -0.494 e. The molecule has 1 aliphatic heterocycles. The van der Waals surface area contributed by atoms with E-state index in [4.69, 9.17) is 30.5 Å². The molecule has 2 aromatic rings. The van der Waals surface area contributed by atoms with Crippen molar-refractivity contribution in [1.82, 2.24) is 0 Å². The number of benzene rings is 2. The maximum Gasteiger partial charge on any atom is 0.119 e. The Balaban J connectivity index is 1.77. The fraction of sp³-hybridized carbons (Fsp3) is 0.586. The van der Waals surface area contributed by atoms with Gasteiger partial charge in [0, 0.05) is 24.7 Å². The summed E-state index contributed by atoms with van der Waals surface area (Å²) in [6, 6.07) is 14.2. The molecule has 35 heavy (non-hydrogen) atoms. The van der Waals surface area contributed by atoms with Crippen molar-refractivity contribution in [2.45, 2.75) is 83.7 Å². The first-order valence-corrected chi connectivity index (χ1v) is 13.5. The van der Waals surface area contributed by atoms with Gasteiger partial charge in [-0.25, -0.2) is 0 Å². The summed E-state index contributed by atoms with van der Waals surface area (Å²) in [5.74, 6) is 0.865. The van der Waals surface area contributed by atoms with Gasteiger partial charge >= 0.3 is 0 Å². The van der Waals surface area contributed by atoms with Gasteiger partial charge in [-0.3, -0.25) is 0 Å². The molecular formula is C29H41ClO5. The third-order valence-electron chi connectivity index (χ3n) is 6.34. The molecule has 0 radical (unpaired) electrons. The second kappa shape index (κ2) is 14.8. The van der Waals surface area contributed by atoms with E-state index in [2.05, 4.69) is 32.0 Å². The third kappa shape index (κ3) is 8.47. The minimum atomic E-state index is -0.616. The van der Waals surface area contributed by atoms with Crippen LogP contribution in [-0.4, -0.2) is 49.8 Å². The summed E-state index contributed by atoms with van der Waals surface area (Å²) in [7, 11) is 0. The largest absolute Gasteiger partial charge is 0.494 e. The van der Waals surface area contributed by atoms with E-state index in [1.807, 2.05) is 31.2 Å². The fourth-order valence-electron chi connectivity index (χ4n) is 4.30. The van der Waals surface area contributed by atoms with Crippen molar-refractivity contribution in [2.75, 3.05) is 26.4 Å². The predicted molar refractivity (Wildman–Crippen MR) is 140 cm³/mol. The number of rotatable bonds is 14. The highest BCUT2D eigenvalue weighted by Crippen LogP contribution is 2.36. The summed E-state index contributed by atoms with van der Waals surface area (Å²) in [6.07, 6.45) is 3.84. The first-order valence-electron chi connectivity index (χ1n) is 13.1. The van der Waals surface area contributed by atoms with Crippen LogP contribution in [-0.2, 0) is 20.6 Å². The van der Waals surface area contributed by atoms with Crippen molar-refractivity contribution in [3.63, 3.8) is 0 Å². The number of aliphatic hydroxyl groups is 1. The molecule has 3 rings (SSSR count). The van der Waals surface area contributed by atoms with E-state index >= 15 is 0 Å². The van der Waals surface area contributed by atoms with E-state index in [1.165, 1.54) is 0 Å². The van der Waals surface area contributed by atoms with Crippen LogP contribution in [0, 0.1) is 0 Å². The Morgan fingerprint density at radius 1 is 1.00 bits per heavy atom. The summed E-state index contributed by atoms with van der Waals surface area (Å²) in [4.78, 5) is 0. The second-order valence-corrected chi connectivity index (χ2v) is 9.60. The van der Waals surface area contributed by atoms with Crippen molar-refractivity contribution >= 4 is 11.6 Å². The van der Waals surface area contributed by atoms with Crippen molar-refractivity contribution in [2.24, 2.45) is 0 Å². The Morgan fingerprint density at radius 2 is 1.74 bits per heavy atom. The lowest BCUT2D eigenvalue weighted by atomic mass is 9.92. The average molecular weight is 505 g/mol. The molecule has 1 heterocycles. The number of aliphatic hydroxyl groups excluding tert-OH is 1. The van der Waals surface area contributed by atoms with Crippen LogP contribution in [0.15, 0.2) is 42.5 Å². The predicted octanol–water partition coefficient (Wildman–Crippen LogP) is 6.52. The van der Waals surface area contributed by atoms with Gasteiger partial charge in [-0.05, 0) is 61.1 Å². The van der Waals surface area contributed by atoms with Crippen LogP contribution in [0.1, 0.15) is 75.7 Å². The van der Waals surface area contributed by atoms with Crippen LogP contribution in [0.2, 0.25) is 5.02 Å². The van der Waals surface area contributed by atoms with Gasteiger partial charge in [-0.15, -0.1) is 0 Å². The van der Waals surface area contributed by atoms with Gasteiger partial charge in [0.05, 0.1) is 25.4 Å². The molecule has 194 valence electrons. The van der Waals surface area contributed by atoms with Gasteiger partial charge in [0.1, 0.15) is 18.0 Å². The maximum absolute atomic E-state index is 10.8. The lowest BCUT2D eigenvalue weighted by Crippen LogP contribution is -2.46. The first-order chi connectivity index (χ1) is 17.0. The van der Waals surface area contributed by atoms with E-state index in [-0.39, 0.29) is 18.3 Å². The van der Waals surface area contributed by atoms with E-state index in [0.29, 0.717) is 39.3 Å². The van der Waals surface area contributed by atoms with Crippen molar-refractivity contribution in [1.29, 1.82) is 0 Å². The van der Waals surface area contributed by atoms with Gasteiger partial charge < -0.3 is 24.1 Å². The molecule has 1 N–H and O–H groups in total. The van der Waals surface area contributed by atoms with Gasteiger partial charge in [-0.2, -0.15) is 0 Å². The number of halogens is 1. The Morgan fingerprint density at radius 3 is 2.46 bits per heavy atom. The number of unbranched alkanes of at least 4 members (excludes halogenated alkanes) is 2. The van der Waals surface area contributed by atoms with Crippen LogP contribution in [0.3, 0.4) is 0 Å². The smallest absolute Gasteiger partial charge is 0.119 e. The zero-order valence-corrected chi connectivity index (χ0v) is 22.1. The van der Waals surface area contributed by atoms with Crippen LogP contribution in [0.25, 0.3) is 0 Å². The zero-order valence-electron chi connectivity index (χ0n) is 21.4. The zero-order chi connectivity index (χ0) is 25.0. The van der Waals surface area contributed by atoms with Gasteiger partial charge in [-0.1, -0.05) is 62.6 Å². The minimum absolute atomic E-state index is 0.219. The molecule has 0 aliphatic carbocycles. The van der Waals surface area contributed by atoms with Crippen molar-refractivity contribution in [3.8, 4) is 5.75 Å². The molecular weight excluding hydrogens is 464 g/mol. The van der Waals surface area contributed by atoms with Crippen LogP contribution in [0.5, 0.6) is 5.75 Å². The molecule has 4 unspecified atom stereocenters. The first kappa shape index (κ1) is 27.9. The Bertz CT molecular complexity index is 872. The van der Waals surface area contributed by atoms with Gasteiger partial charge in [0.25, 0.3) is 0 Å². The second-order valence-electron chi connectivity index (χ2n) is 9.19. The van der Waals surface area contributed by atoms with Crippen LogP contribution in [0.4, 0.5) is 0 Å². The lowest BCUT2D eigenvalue weighted by Gasteiger charge is -2.39. The molecule has 1 aliphatic rings. The summed E-state index contributed by atoms with van der Waals surface area (Å²) in [5.41, 5.74) is 3.21. The lowest BCUT2D eigenvalue weighted by molar-refractivity contribution is -0.200. The molecule has 6 heteroatoms. The summed E-state index contributed by atoms with van der Waals surface area (Å²) in [6.45, 7) is 8.61. The van der Waals surface area contributed by atoms with Crippen LogP contribution < -0.4 is 4.74 Å². The normalized spacial score (nSPS) is 22.3. The molecule has 0 amide bonds. The molecule has 0 aromatic heterocycles. The maximum atomic E-state index is 10.8. The highest BCUT2D eigenvalue weighted by Gasteiger charge is 2.39. The SMILES string of the molecule is CCCCOCC1OC(c2ccc(Cl)c(Cc3ccc(OCC)cc3)c2)C(OCCCC)CC1O. The quantitative estimate of drug-likeness (QED) is 0.297. The van der Waals surface area contributed by atoms with Crippen molar-refractivity contribution < 1.29 is 24.1 Å². The number of ether oxygens (including phenoxy) is 4. The monoisotopic (exact) mass is 504 g/mol. The fourth-order valence-corrected chi connectivity index (χ4v) is 4.49. The highest BCUT2D eigenvalue weighted by atomic mass is 35.5. The van der Waals surface area contributed by atoms with E-state index in [0.717, 1.165) is 53.1 Å².